The Morgan fingerprint density at radius 3 is 2.62 bits per heavy atom. The van der Waals surface area contributed by atoms with Crippen molar-refractivity contribution < 1.29 is 9.21 Å². The standard InChI is InChI=1S/C19H18ClN3O2S/c20-15-5-3-14(4-6-15)16-13-26-18(21-16)12-22-7-9-23(10-8-22)19(24)17-2-1-11-25-17/h1-6,11,13H,7-10,12H2. The molecule has 1 aliphatic rings. The number of nitrogens with zero attached hydrogens (tertiary/aromatic N) is 3. The molecule has 1 aliphatic heterocycles. The Kier molecular flexibility index (Phi) is 5.06. The number of amides is 1. The molecular weight excluding hydrogens is 370 g/mol. The van der Waals surface area contributed by atoms with E-state index in [0.29, 0.717) is 18.8 Å². The average molecular weight is 388 g/mol. The van der Waals surface area contributed by atoms with Crippen LogP contribution in [0.3, 0.4) is 0 Å². The Bertz CT molecular complexity index is 869. The van der Waals surface area contributed by atoms with E-state index in [1.807, 2.05) is 29.2 Å². The van der Waals surface area contributed by atoms with Crippen LogP contribution < -0.4 is 0 Å². The number of halogens is 1. The Morgan fingerprint density at radius 1 is 1.15 bits per heavy atom. The van der Waals surface area contributed by atoms with Crippen molar-refractivity contribution in [3.8, 4) is 11.3 Å². The third kappa shape index (κ3) is 3.82. The van der Waals surface area contributed by atoms with Gasteiger partial charge in [-0.25, -0.2) is 4.98 Å². The normalized spacial score (nSPS) is 15.3. The van der Waals surface area contributed by atoms with Gasteiger partial charge in [0.2, 0.25) is 0 Å². The van der Waals surface area contributed by atoms with E-state index in [1.165, 1.54) is 6.26 Å². The fourth-order valence-electron chi connectivity index (χ4n) is 2.99. The maximum absolute atomic E-state index is 12.3. The van der Waals surface area contributed by atoms with E-state index in [2.05, 4.69) is 10.3 Å². The lowest BCUT2D eigenvalue weighted by atomic mass is 10.2. The minimum Gasteiger partial charge on any atom is -0.459 e. The SMILES string of the molecule is O=C(c1ccco1)N1CCN(Cc2nc(-c3ccc(Cl)cc3)cs2)CC1. The summed E-state index contributed by atoms with van der Waals surface area (Å²) in [7, 11) is 0. The van der Waals surface area contributed by atoms with Crippen LogP contribution in [0.4, 0.5) is 0 Å². The molecule has 7 heteroatoms. The summed E-state index contributed by atoms with van der Waals surface area (Å²) in [5, 5.41) is 3.89. The van der Waals surface area contributed by atoms with E-state index in [4.69, 9.17) is 21.0 Å². The minimum absolute atomic E-state index is 0.0334. The monoisotopic (exact) mass is 387 g/mol. The summed E-state index contributed by atoms with van der Waals surface area (Å²) in [6.45, 7) is 3.88. The smallest absolute Gasteiger partial charge is 0.289 e. The lowest BCUT2D eigenvalue weighted by Crippen LogP contribution is -2.48. The first-order valence-corrected chi connectivity index (χ1v) is 9.70. The predicted molar refractivity (Wildman–Crippen MR) is 102 cm³/mol. The second-order valence-corrected chi connectivity index (χ2v) is 7.56. The second kappa shape index (κ2) is 7.61. The van der Waals surface area contributed by atoms with Crippen LogP contribution in [0.5, 0.6) is 0 Å². The molecule has 0 unspecified atom stereocenters. The molecule has 0 radical (unpaired) electrons. The summed E-state index contributed by atoms with van der Waals surface area (Å²) in [5.74, 6) is 0.375. The van der Waals surface area contributed by atoms with Gasteiger partial charge in [-0.05, 0) is 24.3 Å². The van der Waals surface area contributed by atoms with Crippen molar-refractivity contribution in [3.05, 3.63) is 63.8 Å². The average Bonchev–Trinajstić information content (AvgIpc) is 3.35. The third-order valence-electron chi connectivity index (χ3n) is 4.44. The molecule has 0 N–H and O–H groups in total. The van der Waals surface area contributed by atoms with E-state index in [0.717, 1.165) is 40.9 Å². The highest BCUT2D eigenvalue weighted by atomic mass is 35.5. The predicted octanol–water partition coefficient (Wildman–Crippen LogP) is 4.01. The largest absolute Gasteiger partial charge is 0.459 e. The van der Waals surface area contributed by atoms with Crippen LogP contribution in [-0.2, 0) is 6.54 Å². The van der Waals surface area contributed by atoms with Gasteiger partial charge in [0, 0.05) is 42.1 Å². The van der Waals surface area contributed by atoms with Gasteiger partial charge in [0.15, 0.2) is 5.76 Å². The number of hydrogen-bond acceptors (Lipinski definition) is 5. The van der Waals surface area contributed by atoms with Gasteiger partial charge in [0.05, 0.1) is 18.5 Å². The molecule has 4 rings (SSSR count). The summed E-state index contributed by atoms with van der Waals surface area (Å²) < 4.78 is 5.20. The number of piperazine rings is 1. The van der Waals surface area contributed by atoms with Crippen molar-refractivity contribution in [2.45, 2.75) is 6.54 Å². The molecule has 0 aliphatic carbocycles. The molecule has 1 aromatic carbocycles. The van der Waals surface area contributed by atoms with Crippen molar-refractivity contribution in [3.63, 3.8) is 0 Å². The van der Waals surface area contributed by atoms with Crippen molar-refractivity contribution in [2.75, 3.05) is 26.2 Å². The quantitative estimate of drug-likeness (QED) is 0.678. The van der Waals surface area contributed by atoms with Gasteiger partial charge >= 0.3 is 0 Å². The highest BCUT2D eigenvalue weighted by Gasteiger charge is 2.24. The second-order valence-electron chi connectivity index (χ2n) is 6.18. The highest BCUT2D eigenvalue weighted by Crippen LogP contribution is 2.24. The zero-order valence-corrected chi connectivity index (χ0v) is 15.7. The lowest BCUT2D eigenvalue weighted by Gasteiger charge is -2.33. The Labute approximate surface area is 160 Å². The van der Waals surface area contributed by atoms with Crippen LogP contribution in [-0.4, -0.2) is 46.9 Å². The molecule has 3 heterocycles. The lowest BCUT2D eigenvalue weighted by molar-refractivity contribution is 0.0598. The summed E-state index contributed by atoms with van der Waals surface area (Å²) in [6, 6.07) is 11.2. The van der Waals surface area contributed by atoms with Crippen molar-refractivity contribution in [1.82, 2.24) is 14.8 Å². The van der Waals surface area contributed by atoms with Crippen molar-refractivity contribution in [2.24, 2.45) is 0 Å². The fraction of sp³-hybridized carbons (Fsp3) is 0.263. The van der Waals surface area contributed by atoms with Crippen LogP contribution in [0.1, 0.15) is 15.6 Å². The van der Waals surface area contributed by atoms with Gasteiger partial charge in [-0.15, -0.1) is 11.3 Å². The molecule has 0 bridgehead atoms. The van der Waals surface area contributed by atoms with Gasteiger partial charge < -0.3 is 9.32 Å². The number of carbonyl (C=O) groups is 1. The minimum atomic E-state index is -0.0334. The van der Waals surface area contributed by atoms with E-state index in [9.17, 15) is 4.79 Å². The van der Waals surface area contributed by atoms with Crippen LogP contribution in [0, 0.1) is 0 Å². The van der Waals surface area contributed by atoms with Crippen LogP contribution in [0.2, 0.25) is 5.02 Å². The molecular formula is C19H18ClN3O2S. The maximum Gasteiger partial charge on any atom is 0.289 e. The number of thiazole rings is 1. The van der Waals surface area contributed by atoms with Gasteiger partial charge in [0.25, 0.3) is 5.91 Å². The molecule has 26 heavy (non-hydrogen) atoms. The van der Waals surface area contributed by atoms with Gasteiger partial charge in [0.1, 0.15) is 5.01 Å². The molecule has 2 aromatic heterocycles. The Morgan fingerprint density at radius 2 is 1.92 bits per heavy atom. The van der Waals surface area contributed by atoms with Crippen LogP contribution >= 0.6 is 22.9 Å². The van der Waals surface area contributed by atoms with E-state index in [-0.39, 0.29) is 5.91 Å². The number of aromatic nitrogens is 1. The summed E-state index contributed by atoms with van der Waals surface area (Å²) >= 11 is 7.61. The summed E-state index contributed by atoms with van der Waals surface area (Å²) in [6.07, 6.45) is 1.53. The van der Waals surface area contributed by atoms with Crippen molar-refractivity contribution in [1.29, 1.82) is 0 Å². The molecule has 3 aromatic rings. The van der Waals surface area contributed by atoms with E-state index < -0.39 is 0 Å². The highest BCUT2D eigenvalue weighted by molar-refractivity contribution is 7.09. The van der Waals surface area contributed by atoms with Crippen LogP contribution in [0.25, 0.3) is 11.3 Å². The summed E-state index contributed by atoms with van der Waals surface area (Å²) in [4.78, 5) is 21.2. The maximum atomic E-state index is 12.3. The molecule has 0 spiro atoms. The first kappa shape index (κ1) is 17.3. The fourth-order valence-corrected chi connectivity index (χ4v) is 3.96. The number of furan rings is 1. The topological polar surface area (TPSA) is 49.6 Å². The van der Waals surface area contributed by atoms with E-state index in [1.54, 1.807) is 23.5 Å². The summed E-state index contributed by atoms with van der Waals surface area (Å²) in [5.41, 5.74) is 2.05. The zero-order chi connectivity index (χ0) is 17.9. The molecule has 1 fully saturated rings. The number of rotatable bonds is 4. The van der Waals surface area contributed by atoms with Crippen LogP contribution in [0.15, 0.2) is 52.5 Å². The number of benzene rings is 1. The molecule has 134 valence electrons. The molecule has 0 saturated carbocycles. The third-order valence-corrected chi connectivity index (χ3v) is 5.53. The van der Waals surface area contributed by atoms with Gasteiger partial charge in [-0.1, -0.05) is 23.7 Å². The zero-order valence-electron chi connectivity index (χ0n) is 14.1. The molecule has 1 saturated heterocycles. The number of hydrogen-bond donors (Lipinski definition) is 0. The molecule has 1 amide bonds. The van der Waals surface area contributed by atoms with Gasteiger partial charge in [-0.2, -0.15) is 0 Å². The Balaban J connectivity index is 1.33. The molecule has 0 atom stereocenters. The van der Waals surface area contributed by atoms with Crippen molar-refractivity contribution >= 4 is 28.8 Å². The number of carbonyl (C=O) groups excluding carboxylic acids is 1. The van der Waals surface area contributed by atoms with E-state index >= 15 is 0 Å². The first-order chi connectivity index (χ1) is 12.7. The Hall–Kier alpha value is -2.15. The van der Waals surface area contributed by atoms with Gasteiger partial charge in [-0.3, -0.25) is 9.69 Å². The molecule has 5 nitrogen and oxygen atoms in total. The first-order valence-electron chi connectivity index (χ1n) is 8.44.